The Morgan fingerprint density at radius 2 is 1.84 bits per heavy atom. The molecule has 3 atom stereocenters. The first-order valence-electron chi connectivity index (χ1n) is 7.44. The van der Waals surface area contributed by atoms with Gasteiger partial charge in [0.1, 0.15) is 0 Å². The van der Waals surface area contributed by atoms with Crippen LogP contribution in [-0.2, 0) is 0 Å². The Bertz CT molecular complexity index is 431. The van der Waals surface area contributed by atoms with Crippen molar-refractivity contribution in [2.24, 2.45) is 11.8 Å². The molecule has 3 unspecified atom stereocenters. The molecule has 0 amide bonds. The first-order chi connectivity index (χ1) is 9.20. The van der Waals surface area contributed by atoms with Crippen molar-refractivity contribution in [3.8, 4) is 0 Å². The highest BCUT2D eigenvalue weighted by molar-refractivity contribution is 5.29. The molecule has 2 saturated heterocycles. The molecule has 2 bridgehead atoms. The quantitative estimate of drug-likeness (QED) is 0.647. The summed E-state index contributed by atoms with van der Waals surface area (Å²) in [5, 5.41) is 0. The van der Waals surface area contributed by atoms with Crippen molar-refractivity contribution in [1.29, 1.82) is 0 Å². The SMILES string of the molecule is Cc1ccccc1C(NN)C1CC2CCC(C1)N2C. The number of fused-ring (bicyclic) bond motifs is 2. The summed E-state index contributed by atoms with van der Waals surface area (Å²) in [4.78, 5) is 2.59. The Morgan fingerprint density at radius 3 is 2.42 bits per heavy atom. The highest BCUT2D eigenvalue weighted by Crippen LogP contribution is 2.42. The van der Waals surface area contributed by atoms with Crippen LogP contribution in [0.5, 0.6) is 0 Å². The largest absolute Gasteiger partial charge is 0.300 e. The topological polar surface area (TPSA) is 41.3 Å². The Balaban J connectivity index is 1.82. The van der Waals surface area contributed by atoms with Crippen LogP contribution in [0.1, 0.15) is 42.9 Å². The monoisotopic (exact) mass is 259 g/mol. The van der Waals surface area contributed by atoms with Crippen LogP contribution in [0.2, 0.25) is 0 Å². The minimum atomic E-state index is 0.304. The first kappa shape index (κ1) is 13.1. The van der Waals surface area contributed by atoms with Gasteiger partial charge in [-0.2, -0.15) is 0 Å². The van der Waals surface area contributed by atoms with Crippen LogP contribution in [-0.4, -0.2) is 24.0 Å². The van der Waals surface area contributed by atoms with Crippen LogP contribution in [0.25, 0.3) is 0 Å². The van der Waals surface area contributed by atoms with Crippen molar-refractivity contribution in [3.05, 3.63) is 35.4 Å². The normalized spacial score (nSPS) is 32.5. The molecule has 104 valence electrons. The van der Waals surface area contributed by atoms with Crippen LogP contribution < -0.4 is 11.3 Å². The van der Waals surface area contributed by atoms with Gasteiger partial charge < -0.3 is 4.90 Å². The summed E-state index contributed by atoms with van der Waals surface area (Å²) in [6, 6.07) is 10.5. The molecule has 3 N–H and O–H groups in total. The van der Waals surface area contributed by atoms with E-state index < -0.39 is 0 Å². The lowest BCUT2D eigenvalue weighted by Gasteiger charge is -2.40. The summed E-state index contributed by atoms with van der Waals surface area (Å²) in [5.74, 6) is 6.55. The highest BCUT2D eigenvalue weighted by atomic mass is 15.2. The number of hydrogen-bond donors (Lipinski definition) is 2. The van der Waals surface area contributed by atoms with Crippen molar-refractivity contribution in [1.82, 2.24) is 10.3 Å². The predicted octanol–water partition coefficient (Wildman–Crippen LogP) is 2.37. The molecule has 2 aliphatic rings. The van der Waals surface area contributed by atoms with Crippen molar-refractivity contribution >= 4 is 0 Å². The average molecular weight is 259 g/mol. The number of hydrogen-bond acceptors (Lipinski definition) is 3. The number of rotatable bonds is 3. The van der Waals surface area contributed by atoms with Crippen LogP contribution in [0.4, 0.5) is 0 Å². The van der Waals surface area contributed by atoms with Crippen molar-refractivity contribution < 1.29 is 0 Å². The lowest BCUT2D eigenvalue weighted by molar-refractivity contribution is 0.112. The summed E-state index contributed by atoms with van der Waals surface area (Å²) >= 11 is 0. The van der Waals surface area contributed by atoms with Gasteiger partial charge in [0, 0.05) is 18.1 Å². The van der Waals surface area contributed by atoms with Crippen LogP contribution in [0, 0.1) is 12.8 Å². The van der Waals surface area contributed by atoms with E-state index in [1.165, 1.54) is 36.8 Å². The van der Waals surface area contributed by atoms with E-state index in [9.17, 15) is 0 Å². The maximum absolute atomic E-state index is 5.89. The zero-order valence-electron chi connectivity index (χ0n) is 12.0. The second-order valence-corrected chi connectivity index (χ2v) is 6.28. The van der Waals surface area contributed by atoms with E-state index >= 15 is 0 Å². The lowest BCUT2D eigenvalue weighted by Crippen LogP contribution is -2.45. The third-order valence-electron chi connectivity index (χ3n) is 5.31. The summed E-state index contributed by atoms with van der Waals surface area (Å²) in [5.41, 5.74) is 5.81. The Labute approximate surface area is 116 Å². The minimum Gasteiger partial charge on any atom is -0.300 e. The highest BCUT2D eigenvalue weighted by Gasteiger charge is 2.41. The molecule has 0 saturated carbocycles. The molecule has 19 heavy (non-hydrogen) atoms. The van der Waals surface area contributed by atoms with Gasteiger partial charge in [0.05, 0.1) is 0 Å². The number of benzene rings is 1. The Hall–Kier alpha value is -0.900. The fourth-order valence-electron chi connectivity index (χ4n) is 4.14. The van der Waals surface area contributed by atoms with Gasteiger partial charge in [0.2, 0.25) is 0 Å². The number of nitrogens with one attached hydrogen (secondary N) is 1. The van der Waals surface area contributed by atoms with Gasteiger partial charge in [-0.3, -0.25) is 11.3 Å². The van der Waals surface area contributed by atoms with E-state index in [-0.39, 0.29) is 0 Å². The van der Waals surface area contributed by atoms with Crippen LogP contribution >= 0.6 is 0 Å². The molecule has 0 spiro atoms. The molecule has 3 nitrogen and oxygen atoms in total. The first-order valence-corrected chi connectivity index (χ1v) is 7.44. The molecule has 2 aliphatic heterocycles. The van der Waals surface area contributed by atoms with Gasteiger partial charge in [-0.05, 0) is 56.7 Å². The number of nitrogens with zero attached hydrogens (tertiary/aromatic N) is 1. The fourth-order valence-corrected chi connectivity index (χ4v) is 4.14. The minimum absolute atomic E-state index is 0.304. The summed E-state index contributed by atoms with van der Waals surface area (Å²) in [7, 11) is 2.29. The van der Waals surface area contributed by atoms with Crippen molar-refractivity contribution in [3.63, 3.8) is 0 Å². The Kier molecular flexibility index (Phi) is 3.61. The number of nitrogens with two attached hydrogens (primary N) is 1. The van der Waals surface area contributed by atoms with Gasteiger partial charge in [0.25, 0.3) is 0 Å². The Morgan fingerprint density at radius 1 is 1.21 bits per heavy atom. The van der Waals surface area contributed by atoms with Crippen LogP contribution in [0.15, 0.2) is 24.3 Å². The van der Waals surface area contributed by atoms with Gasteiger partial charge in [-0.1, -0.05) is 24.3 Å². The average Bonchev–Trinajstić information content (AvgIpc) is 2.65. The third kappa shape index (κ3) is 2.31. The summed E-state index contributed by atoms with van der Waals surface area (Å²) < 4.78 is 0. The van der Waals surface area contributed by atoms with E-state index in [0.717, 1.165) is 12.1 Å². The van der Waals surface area contributed by atoms with E-state index in [0.29, 0.717) is 12.0 Å². The predicted molar refractivity (Wildman–Crippen MR) is 78.5 cm³/mol. The maximum Gasteiger partial charge on any atom is 0.0491 e. The molecule has 1 aromatic rings. The molecule has 0 aliphatic carbocycles. The smallest absolute Gasteiger partial charge is 0.0491 e. The zero-order chi connectivity index (χ0) is 13.4. The third-order valence-corrected chi connectivity index (χ3v) is 5.31. The standard InChI is InChI=1S/C16H25N3/c1-11-5-3-4-6-15(11)16(18-17)12-9-13-7-8-14(10-12)19(13)2/h3-6,12-14,16,18H,7-10,17H2,1-2H3. The number of hydrazine groups is 1. The van der Waals surface area contributed by atoms with E-state index in [1.54, 1.807) is 0 Å². The van der Waals surface area contributed by atoms with Gasteiger partial charge >= 0.3 is 0 Å². The number of aryl methyl sites for hydroxylation is 1. The van der Waals surface area contributed by atoms with Crippen molar-refractivity contribution in [2.75, 3.05) is 7.05 Å². The second kappa shape index (κ2) is 5.23. The fraction of sp³-hybridized carbons (Fsp3) is 0.625. The second-order valence-electron chi connectivity index (χ2n) is 6.28. The molecule has 3 rings (SSSR count). The molecule has 1 aromatic carbocycles. The molecule has 0 aromatic heterocycles. The van der Waals surface area contributed by atoms with Gasteiger partial charge in [0.15, 0.2) is 0 Å². The zero-order valence-corrected chi connectivity index (χ0v) is 12.0. The van der Waals surface area contributed by atoms with E-state index in [1.807, 2.05) is 0 Å². The van der Waals surface area contributed by atoms with Gasteiger partial charge in [-0.25, -0.2) is 0 Å². The lowest BCUT2D eigenvalue weighted by atomic mass is 9.81. The van der Waals surface area contributed by atoms with Gasteiger partial charge in [-0.15, -0.1) is 0 Å². The van der Waals surface area contributed by atoms with E-state index in [2.05, 4.69) is 48.6 Å². The molecule has 0 radical (unpaired) electrons. The maximum atomic E-state index is 5.89. The van der Waals surface area contributed by atoms with Crippen LogP contribution in [0.3, 0.4) is 0 Å². The van der Waals surface area contributed by atoms with Crippen molar-refractivity contribution in [2.45, 2.75) is 50.7 Å². The molecule has 3 heteroatoms. The molecule has 2 heterocycles. The molecular formula is C16H25N3. The van der Waals surface area contributed by atoms with E-state index in [4.69, 9.17) is 5.84 Å². The molecule has 2 fully saturated rings. The number of piperidine rings is 1. The molecular weight excluding hydrogens is 234 g/mol. The summed E-state index contributed by atoms with van der Waals surface area (Å²) in [6.07, 6.45) is 5.28. The summed E-state index contributed by atoms with van der Waals surface area (Å²) in [6.45, 7) is 2.18.